The van der Waals surface area contributed by atoms with Crippen molar-refractivity contribution in [3.8, 4) is 0 Å². The van der Waals surface area contributed by atoms with Crippen LogP contribution in [0.1, 0.15) is 44.5 Å². The Kier molecular flexibility index (Phi) is 10.1. The van der Waals surface area contributed by atoms with E-state index in [2.05, 4.69) is 58.8 Å². The molecule has 27 heavy (non-hydrogen) atoms. The number of aliphatic hydroxyl groups is 1. The minimum absolute atomic E-state index is 0.326. The third-order valence-corrected chi connectivity index (χ3v) is 5.46. The van der Waals surface area contributed by atoms with Gasteiger partial charge in [-0.25, -0.2) is 0 Å². The number of likely N-dealkylation sites (tertiary alicyclic amines) is 1. The number of guanidine groups is 1. The molecule has 1 aromatic rings. The molecule has 1 fully saturated rings. The minimum atomic E-state index is -0.578. The van der Waals surface area contributed by atoms with Gasteiger partial charge in [-0.3, -0.25) is 9.89 Å². The monoisotopic (exact) mass is 396 g/mol. The van der Waals surface area contributed by atoms with Gasteiger partial charge in [0, 0.05) is 24.6 Å². The van der Waals surface area contributed by atoms with E-state index in [1.807, 2.05) is 11.3 Å². The molecule has 2 atom stereocenters. The summed E-state index contributed by atoms with van der Waals surface area (Å²) in [6.07, 6.45) is 1.97. The normalized spacial score (nSPS) is 18.0. The number of nitrogens with one attached hydrogen (secondary N) is 2. The van der Waals surface area contributed by atoms with E-state index in [4.69, 9.17) is 4.74 Å². The van der Waals surface area contributed by atoms with Gasteiger partial charge in [0.05, 0.1) is 25.3 Å². The number of ether oxygens (including phenoxy) is 1. The van der Waals surface area contributed by atoms with Gasteiger partial charge in [0.25, 0.3) is 0 Å². The van der Waals surface area contributed by atoms with Crippen molar-refractivity contribution in [2.45, 2.75) is 45.8 Å². The summed E-state index contributed by atoms with van der Waals surface area (Å²) in [6.45, 7) is 11.5. The largest absolute Gasteiger partial charge is 0.389 e. The minimum Gasteiger partial charge on any atom is -0.389 e. The van der Waals surface area contributed by atoms with Crippen LogP contribution in [0.3, 0.4) is 0 Å². The second-order valence-corrected chi connectivity index (χ2v) is 8.44. The van der Waals surface area contributed by atoms with Gasteiger partial charge in [0.15, 0.2) is 5.96 Å². The second kappa shape index (κ2) is 12.3. The van der Waals surface area contributed by atoms with Crippen LogP contribution in [-0.2, 0) is 4.74 Å². The fraction of sp³-hybridized carbons (Fsp3) is 0.750. The Labute approximate surface area is 168 Å². The molecule has 0 amide bonds. The fourth-order valence-corrected chi connectivity index (χ4v) is 4.03. The van der Waals surface area contributed by atoms with Crippen LogP contribution in [0.5, 0.6) is 0 Å². The maximum atomic E-state index is 10.1. The Morgan fingerprint density at radius 1 is 1.30 bits per heavy atom. The fourth-order valence-electron chi connectivity index (χ4n) is 3.17. The van der Waals surface area contributed by atoms with Crippen LogP contribution in [0.25, 0.3) is 0 Å². The number of thiophene rings is 1. The van der Waals surface area contributed by atoms with Crippen molar-refractivity contribution in [3.63, 3.8) is 0 Å². The first-order valence-electron chi connectivity index (χ1n) is 10.2. The van der Waals surface area contributed by atoms with E-state index >= 15 is 0 Å². The molecule has 2 heterocycles. The molecule has 1 aliphatic rings. The number of nitrogens with zero attached hydrogens (tertiary/aromatic N) is 2. The van der Waals surface area contributed by atoms with E-state index in [1.165, 1.54) is 17.7 Å². The molecule has 0 radical (unpaired) electrons. The van der Waals surface area contributed by atoms with E-state index in [-0.39, 0.29) is 0 Å². The molecule has 2 rings (SSSR count). The molecule has 7 heteroatoms. The average Bonchev–Trinajstić information content (AvgIpc) is 3.34. The molecule has 2 unspecified atom stereocenters. The number of aliphatic hydroxyl groups excluding tert-OH is 1. The maximum absolute atomic E-state index is 10.1. The summed E-state index contributed by atoms with van der Waals surface area (Å²) >= 11 is 1.81. The van der Waals surface area contributed by atoms with Crippen molar-refractivity contribution in [3.05, 3.63) is 22.4 Å². The Balaban J connectivity index is 1.87. The zero-order valence-corrected chi connectivity index (χ0v) is 17.8. The highest BCUT2D eigenvalue weighted by atomic mass is 32.1. The first-order valence-corrected chi connectivity index (χ1v) is 11.0. The van der Waals surface area contributed by atoms with Crippen molar-refractivity contribution in [1.29, 1.82) is 0 Å². The molecule has 1 aliphatic heterocycles. The zero-order valence-electron chi connectivity index (χ0n) is 17.0. The van der Waals surface area contributed by atoms with Crippen LogP contribution in [0.15, 0.2) is 22.5 Å². The number of hydrogen-bond acceptors (Lipinski definition) is 5. The third-order valence-electron chi connectivity index (χ3n) is 4.48. The van der Waals surface area contributed by atoms with Gasteiger partial charge in [-0.2, -0.15) is 0 Å². The smallest absolute Gasteiger partial charge is 0.191 e. The van der Waals surface area contributed by atoms with Crippen LogP contribution < -0.4 is 10.6 Å². The highest BCUT2D eigenvalue weighted by molar-refractivity contribution is 7.10. The molecular weight excluding hydrogens is 360 g/mol. The molecule has 1 saturated heterocycles. The standard InChI is InChI=1S/C20H36N4O2S/c1-4-21-20(22-12-17(25)15-26-14-16(2)3)23-13-18(19-8-7-11-27-19)24-9-5-6-10-24/h7-8,11,16-18,25H,4-6,9-10,12-15H2,1-3H3,(H2,21,22,23). The molecular formula is C20H36N4O2S. The molecule has 3 N–H and O–H groups in total. The molecule has 0 aromatic carbocycles. The lowest BCUT2D eigenvalue weighted by Gasteiger charge is -2.27. The SMILES string of the molecule is CCNC(=NCC(O)COCC(C)C)NCC(c1cccs1)N1CCCC1. The molecule has 6 nitrogen and oxygen atoms in total. The third kappa shape index (κ3) is 8.17. The van der Waals surface area contributed by atoms with Gasteiger partial charge in [0.2, 0.25) is 0 Å². The van der Waals surface area contributed by atoms with Crippen LogP contribution in [0.2, 0.25) is 0 Å². The summed E-state index contributed by atoms with van der Waals surface area (Å²) in [6, 6.07) is 4.71. The Morgan fingerprint density at radius 3 is 2.70 bits per heavy atom. The van der Waals surface area contributed by atoms with E-state index in [0.717, 1.165) is 32.1 Å². The molecule has 0 saturated carbocycles. The van der Waals surface area contributed by atoms with Gasteiger partial charge in [0.1, 0.15) is 0 Å². The van der Waals surface area contributed by atoms with Gasteiger partial charge in [-0.1, -0.05) is 19.9 Å². The van der Waals surface area contributed by atoms with E-state index < -0.39 is 6.10 Å². The van der Waals surface area contributed by atoms with Crippen molar-refractivity contribution in [1.82, 2.24) is 15.5 Å². The molecule has 1 aromatic heterocycles. The lowest BCUT2D eigenvalue weighted by Crippen LogP contribution is -2.43. The summed E-state index contributed by atoms with van der Waals surface area (Å²) < 4.78 is 5.50. The molecule has 0 aliphatic carbocycles. The summed E-state index contributed by atoms with van der Waals surface area (Å²) in [5.41, 5.74) is 0. The second-order valence-electron chi connectivity index (χ2n) is 7.46. The van der Waals surface area contributed by atoms with Crippen LogP contribution in [0, 0.1) is 5.92 Å². The zero-order chi connectivity index (χ0) is 19.5. The summed E-state index contributed by atoms with van der Waals surface area (Å²) in [7, 11) is 0. The first kappa shape index (κ1) is 22.1. The van der Waals surface area contributed by atoms with Crippen molar-refractivity contribution >= 4 is 17.3 Å². The highest BCUT2D eigenvalue weighted by Gasteiger charge is 2.24. The number of aliphatic imine (C=N–C) groups is 1. The van der Waals surface area contributed by atoms with Gasteiger partial charge in [-0.15, -0.1) is 11.3 Å². The molecule has 0 bridgehead atoms. The molecule has 0 spiro atoms. The van der Waals surface area contributed by atoms with E-state index in [0.29, 0.717) is 31.7 Å². The predicted octanol–water partition coefficient (Wildman–Crippen LogP) is 2.47. The van der Waals surface area contributed by atoms with Crippen LogP contribution in [0.4, 0.5) is 0 Å². The van der Waals surface area contributed by atoms with Crippen molar-refractivity contribution < 1.29 is 9.84 Å². The van der Waals surface area contributed by atoms with Gasteiger partial charge < -0.3 is 20.5 Å². The number of hydrogen-bond donors (Lipinski definition) is 3. The summed E-state index contributed by atoms with van der Waals surface area (Å²) in [5, 5.41) is 19.0. The summed E-state index contributed by atoms with van der Waals surface area (Å²) in [5.74, 6) is 1.22. The summed E-state index contributed by atoms with van der Waals surface area (Å²) in [4.78, 5) is 8.48. The van der Waals surface area contributed by atoms with Gasteiger partial charge in [-0.05, 0) is 50.2 Å². The first-order chi connectivity index (χ1) is 13.1. The Hall–Kier alpha value is -1.15. The topological polar surface area (TPSA) is 69.1 Å². The lowest BCUT2D eigenvalue weighted by molar-refractivity contribution is 0.0301. The average molecular weight is 397 g/mol. The van der Waals surface area contributed by atoms with Crippen LogP contribution in [-0.4, -0.2) is 68.0 Å². The molecule has 154 valence electrons. The Morgan fingerprint density at radius 2 is 2.07 bits per heavy atom. The van der Waals surface area contributed by atoms with Crippen molar-refractivity contribution in [2.24, 2.45) is 10.9 Å². The number of rotatable bonds is 11. The van der Waals surface area contributed by atoms with Crippen LogP contribution >= 0.6 is 11.3 Å². The lowest BCUT2D eigenvalue weighted by atomic mass is 10.2. The van der Waals surface area contributed by atoms with Gasteiger partial charge >= 0.3 is 0 Å². The van der Waals surface area contributed by atoms with E-state index in [1.54, 1.807) is 0 Å². The maximum Gasteiger partial charge on any atom is 0.191 e. The predicted molar refractivity (Wildman–Crippen MR) is 114 cm³/mol. The quantitative estimate of drug-likeness (QED) is 0.396. The highest BCUT2D eigenvalue weighted by Crippen LogP contribution is 2.27. The van der Waals surface area contributed by atoms with Crippen molar-refractivity contribution in [2.75, 3.05) is 45.9 Å². The van der Waals surface area contributed by atoms with E-state index in [9.17, 15) is 5.11 Å². The Bertz CT molecular complexity index is 530.